The Kier molecular flexibility index (Phi) is 5.57. The summed E-state index contributed by atoms with van der Waals surface area (Å²) in [6, 6.07) is 6.09. The molecule has 1 heterocycles. The molecule has 1 amide bonds. The zero-order valence-electron chi connectivity index (χ0n) is 14.0. The largest absolute Gasteiger partial charge is 0.352 e. The monoisotopic (exact) mass is 364 g/mol. The maximum atomic E-state index is 13.2. The maximum absolute atomic E-state index is 13.2. The number of hydrogen-bond acceptors (Lipinski definition) is 4. The fraction of sp³-hybridized carbons (Fsp3) is 0.471. The van der Waals surface area contributed by atoms with Crippen LogP contribution in [0.3, 0.4) is 0 Å². The van der Waals surface area contributed by atoms with Gasteiger partial charge in [-0.2, -0.15) is 0 Å². The van der Waals surface area contributed by atoms with Crippen molar-refractivity contribution in [3.8, 4) is 0 Å². The molecule has 0 aliphatic heterocycles. The molecule has 6 nitrogen and oxygen atoms in total. The molecule has 0 spiro atoms. The van der Waals surface area contributed by atoms with Gasteiger partial charge >= 0.3 is 5.69 Å². The lowest BCUT2D eigenvalue weighted by atomic mass is 10.1. The van der Waals surface area contributed by atoms with Crippen LogP contribution >= 0.6 is 11.8 Å². The Bertz CT molecular complexity index is 783. The van der Waals surface area contributed by atoms with E-state index in [0.29, 0.717) is 17.3 Å². The van der Waals surface area contributed by atoms with Gasteiger partial charge in [-0.3, -0.25) is 9.36 Å². The molecule has 1 aromatic carbocycles. The van der Waals surface area contributed by atoms with Gasteiger partial charge in [0.15, 0.2) is 5.16 Å². The number of benzene rings is 1. The number of nitrogens with one attached hydrogen (secondary N) is 2. The van der Waals surface area contributed by atoms with Crippen molar-refractivity contribution in [1.82, 2.24) is 20.1 Å². The van der Waals surface area contributed by atoms with Crippen molar-refractivity contribution in [3.05, 3.63) is 46.1 Å². The quantitative estimate of drug-likeness (QED) is 0.706. The van der Waals surface area contributed by atoms with E-state index < -0.39 is 5.25 Å². The first-order valence-corrected chi connectivity index (χ1v) is 9.34. The Labute approximate surface area is 149 Å². The van der Waals surface area contributed by atoms with Crippen LogP contribution in [-0.2, 0) is 11.3 Å². The van der Waals surface area contributed by atoms with E-state index in [4.69, 9.17) is 0 Å². The summed E-state index contributed by atoms with van der Waals surface area (Å²) in [5, 5.41) is 9.37. The van der Waals surface area contributed by atoms with Crippen molar-refractivity contribution in [1.29, 1.82) is 0 Å². The van der Waals surface area contributed by atoms with Gasteiger partial charge in [-0.05, 0) is 37.0 Å². The molecule has 25 heavy (non-hydrogen) atoms. The standard InChI is InChI=1S/C17H21FN4O2S/c1-2-3-10-22-16(24)20-21-17(22)25-14(15(23)19-13-8-9-13)11-4-6-12(18)7-5-11/h4-7,13-14H,2-3,8-10H2,1H3,(H,19,23)(H,20,24)/t14-/m1/s1. The third-order valence-electron chi connectivity index (χ3n) is 4.02. The fourth-order valence-electron chi connectivity index (χ4n) is 2.43. The third-order valence-corrected chi connectivity index (χ3v) is 5.26. The molecule has 1 fully saturated rings. The van der Waals surface area contributed by atoms with Gasteiger partial charge in [0.1, 0.15) is 11.1 Å². The second-order valence-electron chi connectivity index (χ2n) is 6.15. The average Bonchev–Trinajstić information content (AvgIpc) is 3.34. The van der Waals surface area contributed by atoms with Crippen LogP contribution in [0.5, 0.6) is 0 Å². The first-order valence-electron chi connectivity index (χ1n) is 8.46. The highest BCUT2D eigenvalue weighted by Crippen LogP contribution is 2.35. The van der Waals surface area contributed by atoms with Crippen LogP contribution in [0.25, 0.3) is 0 Å². The molecule has 0 bridgehead atoms. The van der Waals surface area contributed by atoms with E-state index in [-0.39, 0.29) is 23.5 Å². The van der Waals surface area contributed by atoms with E-state index in [2.05, 4.69) is 15.5 Å². The van der Waals surface area contributed by atoms with Crippen LogP contribution in [0.2, 0.25) is 0 Å². The molecule has 2 N–H and O–H groups in total. The third kappa shape index (κ3) is 4.50. The summed E-state index contributed by atoms with van der Waals surface area (Å²) in [6.07, 6.45) is 3.76. The summed E-state index contributed by atoms with van der Waals surface area (Å²) in [6.45, 7) is 2.59. The van der Waals surface area contributed by atoms with Gasteiger partial charge in [0, 0.05) is 12.6 Å². The van der Waals surface area contributed by atoms with Crippen LogP contribution in [0.1, 0.15) is 43.4 Å². The second kappa shape index (κ2) is 7.86. The normalized spacial score (nSPS) is 15.1. The fourth-order valence-corrected chi connectivity index (χ4v) is 3.51. The minimum absolute atomic E-state index is 0.142. The minimum atomic E-state index is -0.586. The number of amides is 1. The molecule has 3 rings (SSSR count). The summed E-state index contributed by atoms with van der Waals surface area (Å²) >= 11 is 1.21. The molecule has 0 radical (unpaired) electrons. The molecule has 1 aliphatic rings. The topological polar surface area (TPSA) is 79.8 Å². The zero-order valence-corrected chi connectivity index (χ0v) is 14.8. The SMILES string of the molecule is CCCCn1c(S[C@@H](C(=O)NC2CC2)c2ccc(F)cc2)n[nH]c1=O. The molecular weight excluding hydrogens is 343 g/mol. The number of carbonyl (C=O) groups is 1. The van der Waals surface area contributed by atoms with Gasteiger partial charge in [-0.25, -0.2) is 14.3 Å². The van der Waals surface area contributed by atoms with Crippen LogP contribution in [0.15, 0.2) is 34.2 Å². The molecule has 1 aromatic heterocycles. The van der Waals surface area contributed by atoms with E-state index in [9.17, 15) is 14.0 Å². The van der Waals surface area contributed by atoms with Crippen LogP contribution in [-0.4, -0.2) is 26.7 Å². The summed E-state index contributed by atoms with van der Waals surface area (Å²) in [5.74, 6) is -0.494. The molecule has 134 valence electrons. The minimum Gasteiger partial charge on any atom is -0.352 e. The molecular formula is C17H21FN4O2S. The number of unbranched alkanes of at least 4 members (excludes halogenated alkanes) is 1. The number of aromatic nitrogens is 3. The first-order chi connectivity index (χ1) is 12.1. The Balaban J connectivity index is 1.85. The number of aromatic amines is 1. The van der Waals surface area contributed by atoms with E-state index in [0.717, 1.165) is 25.7 Å². The number of nitrogens with zero attached hydrogens (tertiary/aromatic N) is 2. The Hall–Kier alpha value is -2.09. The van der Waals surface area contributed by atoms with Crippen LogP contribution in [0, 0.1) is 5.82 Å². The average molecular weight is 364 g/mol. The van der Waals surface area contributed by atoms with Crippen molar-refractivity contribution >= 4 is 17.7 Å². The second-order valence-corrected chi connectivity index (χ2v) is 7.22. The molecule has 0 saturated heterocycles. The van der Waals surface area contributed by atoms with Crippen molar-refractivity contribution in [2.75, 3.05) is 0 Å². The van der Waals surface area contributed by atoms with Crippen molar-refractivity contribution in [2.45, 2.75) is 55.6 Å². The Morgan fingerprint density at radius 1 is 1.44 bits per heavy atom. The Morgan fingerprint density at radius 3 is 2.80 bits per heavy atom. The van der Waals surface area contributed by atoms with Crippen molar-refractivity contribution < 1.29 is 9.18 Å². The number of hydrogen-bond donors (Lipinski definition) is 2. The van der Waals surface area contributed by atoms with Gasteiger partial charge < -0.3 is 5.32 Å². The van der Waals surface area contributed by atoms with E-state index in [1.165, 1.54) is 23.9 Å². The maximum Gasteiger partial charge on any atom is 0.343 e. The number of carbonyl (C=O) groups excluding carboxylic acids is 1. The molecule has 8 heteroatoms. The molecule has 1 atom stereocenters. The Morgan fingerprint density at radius 2 is 2.16 bits per heavy atom. The van der Waals surface area contributed by atoms with Gasteiger partial charge in [0.25, 0.3) is 0 Å². The predicted octanol–water partition coefficient (Wildman–Crippen LogP) is 2.62. The van der Waals surface area contributed by atoms with E-state index >= 15 is 0 Å². The zero-order chi connectivity index (χ0) is 17.8. The van der Waals surface area contributed by atoms with E-state index in [1.807, 2.05) is 6.92 Å². The molecule has 1 saturated carbocycles. The van der Waals surface area contributed by atoms with Gasteiger partial charge in [0.2, 0.25) is 5.91 Å². The summed E-state index contributed by atoms with van der Waals surface area (Å²) in [5.41, 5.74) is 0.401. The van der Waals surface area contributed by atoms with Crippen molar-refractivity contribution in [2.24, 2.45) is 0 Å². The molecule has 1 aliphatic carbocycles. The highest BCUT2D eigenvalue weighted by Gasteiger charge is 2.30. The molecule has 2 aromatic rings. The first kappa shape index (κ1) is 17.7. The smallest absolute Gasteiger partial charge is 0.343 e. The number of halogens is 1. The van der Waals surface area contributed by atoms with Crippen molar-refractivity contribution in [3.63, 3.8) is 0 Å². The van der Waals surface area contributed by atoms with Gasteiger partial charge in [-0.15, -0.1) is 5.10 Å². The summed E-state index contributed by atoms with van der Waals surface area (Å²) < 4.78 is 14.8. The summed E-state index contributed by atoms with van der Waals surface area (Å²) in [4.78, 5) is 24.6. The lowest BCUT2D eigenvalue weighted by Gasteiger charge is -2.16. The highest BCUT2D eigenvalue weighted by atomic mass is 32.2. The van der Waals surface area contributed by atoms with Gasteiger partial charge in [0.05, 0.1) is 0 Å². The lowest BCUT2D eigenvalue weighted by Crippen LogP contribution is -2.30. The van der Waals surface area contributed by atoms with Crippen LogP contribution < -0.4 is 11.0 Å². The van der Waals surface area contributed by atoms with Crippen LogP contribution in [0.4, 0.5) is 4.39 Å². The number of H-pyrrole nitrogens is 1. The lowest BCUT2D eigenvalue weighted by molar-refractivity contribution is -0.120. The van der Waals surface area contributed by atoms with Gasteiger partial charge in [-0.1, -0.05) is 37.2 Å². The number of rotatable bonds is 8. The summed E-state index contributed by atoms with van der Waals surface area (Å²) in [7, 11) is 0. The molecule has 0 unspecified atom stereocenters. The predicted molar refractivity (Wildman–Crippen MR) is 93.9 cm³/mol. The highest BCUT2D eigenvalue weighted by molar-refractivity contribution is 8.00. The van der Waals surface area contributed by atoms with E-state index in [1.54, 1.807) is 16.7 Å². The number of thioether (sulfide) groups is 1.